The summed E-state index contributed by atoms with van der Waals surface area (Å²) >= 11 is 0. The van der Waals surface area contributed by atoms with E-state index in [0.717, 1.165) is 0 Å². The molecule has 0 N–H and O–H groups in total. The van der Waals surface area contributed by atoms with Gasteiger partial charge in [-0.2, -0.15) is 43.9 Å². The minimum Gasteiger partial charge on any atom is -0.387 e. The van der Waals surface area contributed by atoms with Crippen molar-refractivity contribution < 1.29 is 62.2 Å². The minimum atomic E-state index is -5.56. The molecule has 0 aromatic heterocycles. The van der Waals surface area contributed by atoms with Gasteiger partial charge in [-0.25, -0.2) is 0 Å². The first-order valence-corrected chi connectivity index (χ1v) is 4.08. The summed E-state index contributed by atoms with van der Waals surface area (Å²) in [4.78, 5) is 0. The van der Waals surface area contributed by atoms with Crippen molar-refractivity contribution in [3.63, 3.8) is 0 Å². The average molecular weight is 344 g/mol. The maximum Gasteiger partial charge on any atom is 0.588 e. The zero-order valence-electron chi connectivity index (χ0n) is 8.85. The Morgan fingerprint density at radius 3 is 1.38 bits per heavy atom. The van der Waals surface area contributed by atoms with Gasteiger partial charge in [-0.05, 0) is 0 Å². The molecular weight excluding hydrogens is 344 g/mol. The molecule has 21 heavy (non-hydrogen) atoms. The van der Waals surface area contributed by atoms with E-state index in [-0.39, 0.29) is 0 Å². The summed E-state index contributed by atoms with van der Waals surface area (Å²) in [5.74, 6) is -5.78. The Labute approximate surface area is 106 Å². The summed E-state index contributed by atoms with van der Waals surface area (Å²) in [6.45, 7) is 0. The Kier molecular flexibility index (Phi) is 5.43. The molecule has 14 heteroatoms. The third-order valence-electron chi connectivity index (χ3n) is 1.28. The molecule has 0 aromatic rings. The standard InChI is InChI=1S/C4F6O2.C3F6/c5-2-1(3(6,7)8)11-4(9,10)12-2;4-1(2(5)6)3(7,8)9. The van der Waals surface area contributed by atoms with Gasteiger partial charge in [0.05, 0.1) is 0 Å². The van der Waals surface area contributed by atoms with E-state index < -0.39 is 42.3 Å². The summed E-state index contributed by atoms with van der Waals surface area (Å²) in [7, 11) is 0. The van der Waals surface area contributed by atoms with Gasteiger partial charge >= 0.3 is 30.7 Å². The van der Waals surface area contributed by atoms with Gasteiger partial charge in [-0.3, -0.25) is 0 Å². The Morgan fingerprint density at radius 2 is 1.29 bits per heavy atom. The number of hydrogen-bond acceptors (Lipinski definition) is 2. The minimum absolute atomic E-state index is 2.45. The van der Waals surface area contributed by atoms with E-state index in [0.29, 0.717) is 0 Å². The van der Waals surface area contributed by atoms with Crippen LogP contribution < -0.4 is 0 Å². The summed E-state index contributed by atoms with van der Waals surface area (Å²) in [5.41, 5.74) is 0. The number of halogens is 12. The molecule has 0 aliphatic carbocycles. The Bertz CT molecular complexity index is 438. The van der Waals surface area contributed by atoms with Crippen molar-refractivity contribution in [2.45, 2.75) is 18.6 Å². The number of ether oxygens (including phenoxy) is 2. The number of rotatable bonds is 0. The predicted octanol–water partition coefficient (Wildman–Crippen LogP) is 4.91. The summed E-state index contributed by atoms with van der Waals surface area (Å²) < 4.78 is 140. The molecule has 0 amide bonds. The molecular formula is C7F12O2. The van der Waals surface area contributed by atoms with E-state index in [2.05, 4.69) is 9.47 Å². The fourth-order valence-electron chi connectivity index (χ4n) is 0.607. The van der Waals surface area contributed by atoms with Crippen LogP contribution in [0.5, 0.6) is 0 Å². The second-order valence-electron chi connectivity index (χ2n) is 2.84. The summed E-state index contributed by atoms with van der Waals surface area (Å²) in [6, 6.07) is -2.47. The van der Waals surface area contributed by atoms with Crippen LogP contribution in [0.15, 0.2) is 23.7 Å². The van der Waals surface area contributed by atoms with Gasteiger partial charge in [0.2, 0.25) is 0 Å². The Balaban J connectivity index is 0.000000400. The molecule has 0 saturated heterocycles. The maximum absolute atomic E-state index is 11.9. The predicted molar refractivity (Wildman–Crippen MR) is 37.7 cm³/mol. The van der Waals surface area contributed by atoms with Crippen molar-refractivity contribution >= 4 is 0 Å². The van der Waals surface area contributed by atoms with E-state index in [1.54, 1.807) is 0 Å². The van der Waals surface area contributed by atoms with Crippen LogP contribution in [-0.2, 0) is 9.47 Å². The molecule has 1 aliphatic rings. The smallest absolute Gasteiger partial charge is 0.387 e. The molecule has 0 spiro atoms. The van der Waals surface area contributed by atoms with Crippen LogP contribution in [0.3, 0.4) is 0 Å². The van der Waals surface area contributed by atoms with Crippen molar-refractivity contribution in [2.75, 3.05) is 0 Å². The lowest BCUT2D eigenvalue weighted by molar-refractivity contribution is -0.350. The molecule has 0 aromatic carbocycles. The molecule has 0 atom stereocenters. The van der Waals surface area contributed by atoms with Gasteiger partial charge in [0, 0.05) is 0 Å². The molecule has 0 radical (unpaired) electrons. The van der Waals surface area contributed by atoms with E-state index in [9.17, 15) is 52.7 Å². The lowest BCUT2D eigenvalue weighted by Crippen LogP contribution is -2.20. The van der Waals surface area contributed by atoms with E-state index in [1.165, 1.54) is 0 Å². The van der Waals surface area contributed by atoms with E-state index >= 15 is 0 Å². The number of hydrogen-bond donors (Lipinski definition) is 0. The van der Waals surface area contributed by atoms with Gasteiger partial charge in [0.15, 0.2) is 0 Å². The first-order chi connectivity index (χ1) is 9.08. The molecule has 0 bridgehead atoms. The number of alkyl halides is 8. The monoisotopic (exact) mass is 344 g/mol. The molecule has 0 fully saturated rings. The van der Waals surface area contributed by atoms with Crippen molar-refractivity contribution in [3.8, 4) is 0 Å². The Morgan fingerprint density at radius 1 is 0.857 bits per heavy atom. The normalized spacial score (nSPS) is 17.5. The molecule has 124 valence electrons. The summed E-state index contributed by atoms with van der Waals surface area (Å²) in [6.07, 6.45) is -18.8. The van der Waals surface area contributed by atoms with Crippen LogP contribution in [-0.4, -0.2) is 18.6 Å². The Hall–Kier alpha value is -1.76. The van der Waals surface area contributed by atoms with E-state index in [1.807, 2.05) is 0 Å². The second-order valence-corrected chi connectivity index (χ2v) is 2.84. The maximum atomic E-state index is 11.9. The van der Waals surface area contributed by atoms with Gasteiger partial charge in [0.25, 0.3) is 11.6 Å². The third kappa shape index (κ3) is 6.03. The van der Waals surface area contributed by atoms with E-state index in [4.69, 9.17) is 0 Å². The third-order valence-corrected chi connectivity index (χ3v) is 1.28. The highest BCUT2D eigenvalue weighted by Gasteiger charge is 2.55. The fourth-order valence-corrected chi connectivity index (χ4v) is 0.607. The average Bonchev–Trinajstić information content (AvgIpc) is 2.50. The van der Waals surface area contributed by atoms with Crippen LogP contribution in [0.1, 0.15) is 0 Å². The van der Waals surface area contributed by atoms with Gasteiger partial charge < -0.3 is 9.47 Å². The highest BCUT2D eigenvalue weighted by molar-refractivity contribution is 5.05. The van der Waals surface area contributed by atoms with Crippen LogP contribution in [0.2, 0.25) is 0 Å². The number of allylic oxidation sites excluding steroid dienone is 2. The van der Waals surface area contributed by atoms with Crippen molar-refractivity contribution in [3.05, 3.63) is 23.7 Å². The van der Waals surface area contributed by atoms with Crippen LogP contribution in [0.25, 0.3) is 0 Å². The second kappa shape index (κ2) is 5.93. The molecule has 1 aliphatic heterocycles. The SMILES string of the molecule is FC(F)=C(F)C(F)(F)F.FC1=C(C(F)(F)F)OC(F)(F)O1. The summed E-state index contributed by atoms with van der Waals surface area (Å²) in [5, 5.41) is 0. The first kappa shape index (κ1) is 19.2. The molecule has 0 unspecified atom stereocenters. The van der Waals surface area contributed by atoms with Crippen LogP contribution >= 0.6 is 0 Å². The first-order valence-electron chi connectivity index (χ1n) is 4.08. The van der Waals surface area contributed by atoms with Gasteiger partial charge in [0.1, 0.15) is 0 Å². The fraction of sp³-hybridized carbons (Fsp3) is 0.429. The lowest BCUT2D eigenvalue weighted by atomic mass is 10.5. The van der Waals surface area contributed by atoms with Gasteiger partial charge in [-0.15, -0.1) is 8.78 Å². The zero-order valence-corrected chi connectivity index (χ0v) is 8.85. The highest BCUT2D eigenvalue weighted by atomic mass is 19.4. The zero-order chi connectivity index (χ0) is 17.2. The van der Waals surface area contributed by atoms with Crippen molar-refractivity contribution in [1.82, 2.24) is 0 Å². The van der Waals surface area contributed by atoms with Crippen LogP contribution in [0, 0.1) is 0 Å². The van der Waals surface area contributed by atoms with Crippen molar-refractivity contribution in [1.29, 1.82) is 0 Å². The molecule has 1 rings (SSSR count). The van der Waals surface area contributed by atoms with Gasteiger partial charge in [-0.1, -0.05) is 0 Å². The molecule has 0 saturated carbocycles. The van der Waals surface area contributed by atoms with Crippen molar-refractivity contribution in [2.24, 2.45) is 0 Å². The topological polar surface area (TPSA) is 18.5 Å². The lowest BCUT2D eigenvalue weighted by Gasteiger charge is -2.08. The van der Waals surface area contributed by atoms with Crippen LogP contribution in [0.4, 0.5) is 52.7 Å². The quantitative estimate of drug-likeness (QED) is 0.582. The molecule has 2 nitrogen and oxygen atoms in total. The highest BCUT2D eigenvalue weighted by Crippen LogP contribution is 2.41. The largest absolute Gasteiger partial charge is 0.588 e. The molecule has 1 heterocycles.